The Balaban J connectivity index is 1.89. The van der Waals surface area contributed by atoms with Crippen molar-refractivity contribution in [2.75, 3.05) is 12.4 Å². The SMILES string of the molecule is CNc1ccc(-c2ccc(-c3ncc[nH]3)cc2)cn1. The summed E-state index contributed by atoms with van der Waals surface area (Å²) in [6, 6.07) is 12.3. The van der Waals surface area contributed by atoms with E-state index < -0.39 is 0 Å². The van der Waals surface area contributed by atoms with Gasteiger partial charge in [0.15, 0.2) is 0 Å². The highest BCUT2D eigenvalue weighted by Crippen LogP contribution is 2.23. The molecule has 94 valence electrons. The minimum atomic E-state index is 0.871. The van der Waals surface area contributed by atoms with Crippen LogP contribution in [0, 0.1) is 0 Å². The quantitative estimate of drug-likeness (QED) is 0.750. The van der Waals surface area contributed by atoms with Crippen LogP contribution in [0.25, 0.3) is 22.5 Å². The second kappa shape index (κ2) is 4.94. The van der Waals surface area contributed by atoms with Crippen LogP contribution < -0.4 is 5.32 Å². The van der Waals surface area contributed by atoms with Crippen molar-refractivity contribution in [3.05, 3.63) is 55.0 Å². The molecule has 4 nitrogen and oxygen atoms in total. The van der Waals surface area contributed by atoms with E-state index in [0.29, 0.717) is 0 Å². The lowest BCUT2D eigenvalue weighted by Crippen LogP contribution is -1.91. The van der Waals surface area contributed by atoms with Crippen molar-refractivity contribution in [3.8, 4) is 22.5 Å². The number of nitrogens with zero attached hydrogens (tertiary/aromatic N) is 2. The number of pyridine rings is 1. The highest BCUT2D eigenvalue weighted by molar-refractivity contribution is 5.67. The summed E-state index contributed by atoms with van der Waals surface area (Å²) in [5.74, 6) is 1.76. The average molecular weight is 250 g/mol. The maximum Gasteiger partial charge on any atom is 0.137 e. The number of aromatic nitrogens is 3. The van der Waals surface area contributed by atoms with Crippen molar-refractivity contribution in [3.63, 3.8) is 0 Å². The van der Waals surface area contributed by atoms with Crippen LogP contribution in [0.2, 0.25) is 0 Å². The van der Waals surface area contributed by atoms with Gasteiger partial charge in [-0.2, -0.15) is 0 Å². The lowest BCUT2D eigenvalue weighted by molar-refractivity contribution is 1.29. The Labute approximate surface area is 111 Å². The zero-order valence-electron chi connectivity index (χ0n) is 10.6. The lowest BCUT2D eigenvalue weighted by atomic mass is 10.1. The number of benzene rings is 1. The van der Waals surface area contributed by atoms with E-state index in [2.05, 4.69) is 50.6 Å². The molecule has 19 heavy (non-hydrogen) atoms. The van der Waals surface area contributed by atoms with E-state index in [-0.39, 0.29) is 0 Å². The van der Waals surface area contributed by atoms with Gasteiger partial charge in [-0.05, 0) is 17.7 Å². The Kier molecular flexibility index (Phi) is 2.98. The predicted molar refractivity (Wildman–Crippen MR) is 76.8 cm³/mol. The van der Waals surface area contributed by atoms with Crippen LogP contribution in [-0.4, -0.2) is 22.0 Å². The molecule has 0 fully saturated rings. The van der Waals surface area contributed by atoms with E-state index in [9.17, 15) is 0 Å². The minimum absolute atomic E-state index is 0.871. The smallest absolute Gasteiger partial charge is 0.137 e. The Hall–Kier alpha value is -2.62. The van der Waals surface area contributed by atoms with Crippen LogP contribution in [0.5, 0.6) is 0 Å². The van der Waals surface area contributed by atoms with E-state index in [4.69, 9.17) is 0 Å². The van der Waals surface area contributed by atoms with Gasteiger partial charge in [0.2, 0.25) is 0 Å². The molecule has 1 aromatic carbocycles. The van der Waals surface area contributed by atoms with Crippen molar-refractivity contribution < 1.29 is 0 Å². The summed E-state index contributed by atoms with van der Waals surface area (Å²) in [5, 5.41) is 3.01. The molecular weight excluding hydrogens is 236 g/mol. The summed E-state index contributed by atoms with van der Waals surface area (Å²) in [7, 11) is 1.86. The monoisotopic (exact) mass is 250 g/mol. The molecular formula is C15H14N4. The zero-order valence-corrected chi connectivity index (χ0v) is 10.6. The van der Waals surface area contributed by atoms with Crippen molar-refractivity contribution >= 4 is 5.82 Å². The third-order valence-corrected chi connectivity index (χ3v) is 3.01. The van der Waals surface area contributed by atoms with E-state index in [1.807, 2.05) is 25.5 Å². The molecule has 0 atom stereocenters. The maximum atomic E-state index is 4.32. The summed E-state index contributed by atoms with van der Waals surface area (Å²) < 4.78 is 0. The van der Waals surface area contributed by atoms with Gasteiger partial charge in [0.05, 0.1) is 0 Å². The van der Waals surface area contributed by atoms with Gasteiger partial charge in [-0.25, -0.2) is 9.97 Å². The molecule has 0 aliphatic rings. The number of imidazole rings is 1. The predicted octanol–water partition coefficient (Wildman–Crippen LogP) is 3.18. The molecule has 3 aromatic rings. The third kappa shape index (κ3) is 2.33. The molecule has 0 saturated heterocycles. The zero-order chi connectivity index (χ0) is 13.1. The minimum Gasteiger partial charge on any atom is -0.373 e. The summed E-state index contributed by atoms with van der Waals surface area (Å²) in [6.07, 6.45) is 5.45. The molecule has 0 radical (unpaired) electrons. The Morgan fingerprint density at radius 3 is 2.21 bits per heavy atom. The number of rotatable bonds is 3. The Morgan fingerprint density at radius 1 is 0.895 bits per heavy atom. The summed E-state index contributed by atoms with van der Waals surface area (Å²) in [6.45, 7) is 0. The molecule has 2 heterocycles. The van der Waals surface area contributed by atoms with E-state index in [1.54, 1.807) is 6.20 Å². The van der Waals surface area contributed by atoms with Gasteiger partial charge in [0.1, 0.15) is 11.6 Å². The van der Waals surface area contributed by atoms with Crippen LogP contribution in [0.15, 0.2) is 55.0 Å². The molecule has 3 rings (SSSR count). The fraction of sp³-hybridized carbons (Fsp3) is 0.0667. The number of anilines is 1. The summed E-state index contributed by atoms with van der Waals surface area (Å²) >= 11 is 0. The first-order valence-electron chi connectivity index (χ1n) is 6.11. The number of hydrogen-bond acceptors (Lipinski definition) is 3. The molecule has 2 N–H and O–H groups in total. The third-order valence-electron chi connectivity index (χ3n) is 3.01. The fourth-order valence-corrected chi connectivity index (χ4v) is 1.96. The molecule has 0 amide bonds. The fourth-order valence-electron chi connectivity index (χ4n) is 1.96. The molecule has 0 unspecified atom stereocenters. The Bertz CT molecular complexity index is 640. The van der Waals surface area contributed by atoms with Gasteiger partial charge < -0.3 is 10.3 Å². The van der Waals surface area contributed by atoms with Crippen LogP contribution >= 0.6 is 0 Å². The number of H-pyrrole nitrogens is 1. The van der Waals surface area contributed by atoms with Crippen molar-refractivity contribution in [1.29, 1.82) is 0 Å². The molecule has 0 aliphatic heterocycles. The second-order valence-electron chi connectivity index (χ2n) is 4.20. The normalized spacial score (nSPS) is 10.4. The van der Waals surface area contributed by atoms with Crippen molar-refractivity contribution in [1.82, 2.24) is 15.0 Å². The highest BCUT2D eigenvalue weighted by atomic mass is 14.9. The van der Waals surface area contributed by atoms with Crippen LogP contribution in [-0.2, 0) is 0 Å². The van der Waals surface area contributed by atoms with E-state index >= 15 is 0 Å². The first-order valence-corrected chi connectivity index (χ1v) is 6.11. The number of nitrogens with one attached hydrogen (secondary N) is 2. The molecule has 0 bridgehead atoms. The topological polar surface area (TPSA) is 53.6 Å². The van der Waals surface area contributed by atoms with Crippen LogP contribution in [0.4, 0.5) is 5.82 Å². The first kappa shape index (κ1) is 11.5. The maximum absolute atomic E-state index is 4.32. The van der Waals surface area contributed by atoms with Gasteiger partial charge in [-0.15, -0.1) is 0 Å². The van der Waals surface area contributed by atoms with Gasteiger partial charge in [0.25, 0.3) is 0 Å². The molecule has 0 spiro atoms. The van der Waals surface area contributed by atoms with Gasteiger partial charge >= 0.3 is 0 Å². The molecule has 0 aliphatic carbocycles. The van der Waals surface area contributed by atoms with Crippen molar-refractivity contribution in [2.24, 2.45) is 0 Å². The lowest BCUT2D eigenvalue weighted by Gasteiger charge is -2.04. The van der Waals surface area contributed by atoms with Gasteiger partial charge in [-0.3, -0.25) is 0 Å². The second-order valence-corrected chi connectivity index (χ2v) is 4.20. The number of hydrogen-bond donors (Lipinski definition) is 2. The van der Waals surface area contributed by atoms with Gasteiger partial charge in [-0.1, -0.05) is 24.3 Å². The number of aromatic amines is 1. The highest BCUT2D eigenvalue weighted by Gasteiger charge is 2.02. The van der Waals surface area contributed by atoms with E-state index in [1.165, 1.54) is 0 Å². The Morgan fingerprint density at radius 2 is 1.63 bits per heavy atom. The van der Waals surface area contributed by atoms with Crippen LogP contribution in [0.1, 0.15) is 0 Å². The van der Waals surface area contributed by atoms with Crippen molar-refractivity contribution in [2.45, 2.75) is 0 Å². The standard InChI is InChI=1S/C15H14N4/c1-16-14-7-6-13(10-19-14)11-2-4-12(5-3-11)15-17-8-9-18-15/h2-10H,1H3,(H,16,19)(H,17,18). The summed E-state index contributed by atoms with van der Waals surface area (Å²) in [4.78, 5) is 11.6. The van der Waals surface area contributed by atoms with Gasteiger partial charge in [0, 0.05) is 36.8 Å². The van der Waals surface area contributed by atoms with Crippen LogP contribution in [0.3, 0.4) is 0 Å². The molecule has 2 aromatic heterocycles. The largest absolute Gasteiger partial charge is 0.373 e. The van der Waals surface area contributed by atoms with E-state index in [0.717, 1.165) is 28.3 Å². The molecule has 0 saturated carbocycles. The summed E-state index contributed by atoms with van der Waals surface area (Å²) in [5.41, 5.74) is 3.32. The first-order chi connectivity index (χ1) is 9.36. The average Bonchev–Trinajstić information content (AvgIpc) is 3.02. The molecule has 4 heteroatoms.